The Morgan fingerprint density at radius 3 is 2.60 bits per heavy atom. The SMILES string of the molecule is CN(CC(F)F)C(N)=NO. The first-order valence-corrected chi connectivity index (χ1v) is 2.54. The molecule has 10 heavy (non-hydrogen) atoms. The predicted octanol–water partition coefficient (Wildman–Crippen LogP) is -0.113. The number of rotatable bonds is 2. The molecule has 0 unspecified atom stereocenters. The van der Waals surface area contributed by atoms with Crippen molar-refractivity contribution in [2.24, 2.45) is 10.9 Å². The standard InChI is InChI=1S/C4H9F2N3O/c1-9(2-3(5)6)4(7)8-10/h3,10H,2H2,1H3,(H2,7,8). The van der Waals surface area contributed by atoms with Crippen LogP contribution < -0.4 is 5.73 Å². The highest BCUT2D eigenvalue weighted by Gasteiger charge is 2.08. The summed E-state index contributed by atoms with van der Waals surface area (Å²) in [6.07, 6.45) is -2.48. The molecule has 0 radical (unpaired) electrons. The van der Waals surface area contributed by atoms with Gasteiger partial charge in [0.05, 0.1) is 6.54 Å². The van der Waals surface area contributed by atoms with E-state index in [4.69, 9.17) is 10.9 Å². The maximum Gasteiger partial charge on any atom is 0.255 e. The number of halogens is 2. The van der Waals surface area contributed by atoms with Gasteiger partial charge >= 0.3 is 0 Å². The molecule has 60 valence electrons. The minimum Gasteiger partial charge on any atom is -0.408 e. The molecule has 0 aromatic carbocycles. The molecule has 0 aliphatic heterocycles. The van der Waals surface area contributed by atoms with Gasteiger partial charge in [-0.3, -0.25) is 0 Å². The van der Waals surface area contributed by atoms with Crippen LogP contribution in [-0.4, -0.2) is 36.1 Å². The Hall–Kier alpha value is -1.07. The second-order valence-corrected chi connectivity index (χ2v) is 1.73. The van der Waals surface area contributed by atoms with Gasteiger partial charge in [-0.25, -0.2) is 8.78 Å². The summed E-state index contributed by atoms with van der Waals surface area (Å²) in [6, 6.07) is 0. The Morgan fingerprint density at radius 1 is 1.80 bits per heavy atom. The first-order valence-electron chi connectivity index (χ1n) is 2.54. The van der Waals surface area contributed by atoms with Crippen LogP contribution in [0.5, 0.6) is 0 Å². The molecule has 0 heterocycles. The summed E-state index contributed by atoms with van der Waals surface area (Å²) in [5.74, 6) is -0.319. The zero-order chi connectivity index (χ0) is 8.15. The van der Waals surface area contributed by atoms with Gasteiger partial charge in [0.1, 0.15) is 0 Å². The van der Waals surface area contributed by atoms with Gasteiger partial charge < -0.3 is 15.8 Å². The molecule has 0 rings (SSSR count). The molecular weight excluding hydrogens is 144 g/mol. The van der Waals surface area contributed by atoms with E-state index in [9.17, 15) is 8.78 Å². The minimum atomic E-state index is -2.48. The van der Waals surface area contributed by atoms with Crippen molar-refractivity contribution in [2.75, 3.05) is 13.6 Å². The Kier molecular flexibility index (Phi) is 3.45. The van der Waals surface area contributed by atoms with Crippen molar-refractivity contribution >= 4 is 5.96 Å². The molecule has 0 spiro atoms. The van der Waals surface area contributed by atoms with Crippen LogP contribution >= 0.6 is 0 Å². The van der Waals surface area contributed by atoms with E-state index in [0.29, 0.717) is 0 Å². The summed E-state index contributed by atoms with van der Waals surface area (Å²) < 4.78 is 23.1. The number of nitrogens with zero attached hydrogens (tertiary/aromatic N) is 2. The number of alkyl halides is 2. The van der Waals surface area contributed by atoms with E-state index in [2.05, 4.69) is 5.16 Å². The van der Waals surface area contributed by atoms with Crippen molar-refractivity contribution in [3.8, 4) is 0 Å². The molecular formula is C4H9F2N3O. The summed E-state index contributed by atoms with van der Waals surface area (Å²) in [7, 11) is 1.31. The van der Waals surface area contributed by atoms with Gasteiger partial charge in [-0.1, -0.05) is 5.16 Å². The first kappa shape index (κ1) is 8.93. The Labute approximate surface area is 56.9 Å². The van der Waals surface area contributed by atoms with Crippen LogP contribution in [-0.2, 0) is 0 Å². The van der Waals surface area contributed by atoms with Gasteiger partial charge in [-0.2, -0.15) is 0 Å². The van der Waals surface area contributed by atoms with E-state index in [1.165, 1.54) is 7.05 Å². The van der Waals surface area contributed by atoms with E-state index in [0.717, 1.165) is 4.90 Å². The molecule has 4 nitrogen and oxygen atoms in total. The van der Waals surface area contributed by atoms with E-state index in [-0.39, 0.29) is 5.96 Å². The number of hydrogen-bond donors (Lipinski definition) is 2. The van der Waals surface area contributed by atoms with Crippen molar-refractivity contribution in [3.63, 3.8) is 0 Å². The highest BCUT2D eigenvalue weighted by Crippen LogP contribution is 1.94. The van der Waals surface area contributed by atoms with E-state index < -0.39 is 13.0 Å². The molecule has 0 amide bonds. The third-order valence-electron chi connectivity index (χ3n) is 0.905. The minimum absolute atomic E-state index is 0.319. The van der Waals surface area contributed by atoms with Crippen LogP contribution in [0.4, 0.5) is 8.78 Å². The molecule has 0 atom stereocenters. The van der Waals surface area contributed by atoms with Crippen molar-refractivity contribution in [2.45, 2.75) is 6.43 Å². The van der Waals surface area contributed by atoms with Crippen LogP contribution in [0.1, 0.15) is 0 Å². The molecule has 0 aromatic heterocycles. The van der Waals surface area contributed by atoms with Gasteiger partial charge in [0.25, 0.3) is 6.43 Å². The van der Waals surface area contributed by atoms with Crippen LogP contribution in [0.3, 0.4) is 0 Å². The van der Waals surface area contributed by atoms with Crippen molar-refractivity contribution in [1.29, 1.82) is 0 Å². The van der Waals surface area contributed by atoms with E-state index in [1.54, 1.807) is 0 Å². The van der Waals surface area contributed by atoms with Crippen LogP contribution in [0.25, 0.3) is 0 Å². The molecule has 0 aromatic rings. The summed E-state index contributed by atoms with van der Waals surface area (Å²) in [5.41, 5.74) is 4.96. The lowest BCUT2D eigenvalue weighted by molar-refractivity contribution is 0.121. The fourth-order valence-electron chi connectivity index (χ4n) is 0.377. The molecule has 3 N–H and O–H groups in total. The lowest BCUT2D eigenvalue weighted by Crippen LogP contribution is -2.37. The maximum atomic E-state index is 11.5. The van der Waals surface area contributed by atoms with Gasteiger partial charge in [0.15, 0.2) is 0 Å². The van der Waals surface area contributed by atoms with E-state index in [1.807, 2.05) is 0 Å². The number of oxime groups is 1. The highest BCUT2D eigenvalue weighted by atomic mass is 19.3. The summed E-state index contributed by atoms with van der Waals surface area (Å²) in [4.78, 5) is 0.949. The monoisotopic (exact) mass is 153 g/mol. The quantitative estimate of drug-likeness (QED) is 0.252. The van der Waals surface area contributed by atoms with Crippen molar-refractivity contribution in [1.82, 2.24) is 4.90 Å². The van der Waals surface area contributed by atoms with Gasteiger partial charge in [0, 0.05) is 7.05 Å². The average Bonchev–Trinajstić information content (AvgIpc) is 1.85. The maximum absolute atomic E-state index is 11.5. The smallest absolute Gasteiger partial charge is 0.255 e. The van der Waals surface area contributed by atoms with Crippen molar-refractivity contribution in [3.05, 3.63) is 0 Å². The van der Waals surface area contributed by atoms with Crippen LogP contribution in [0.2, 0.25) is 0 Å². The Bertz CT molecular complexity index is 128. The van der Waals surface area contributed by atoms with Gasteiger partial charge in [-0.15, -0.1) is 0 Å². The second-order valence-electron chi connectivity index (χ2n) is 1.73. The summed E-state index contributed by atoms with van der Waals surface area (Å²) in [5, 5.41) is 10.5. The Balaban J connectivity index is 3.73. The second kappa shape index (κ2) is 3.86. The molecule has 0 fully saturated rings. The largest absolute Gasteiger partial charge is 0.408 e. The average molecular weight is 153 g/mol. The van der Waals surface area contributed by atoms with Crippen molar-refractivity contribution < 1.29 is 14.0 Å². The number of nitrogens with two attached hydrogens (primary N) is 1. The Morgan fingerprint density at radius 2 is 2.30 bits per heavy atom. The molecule has 0 aliphatic carbocycles. The number of guanidine groups is 1. The van der Waals surface area contributed by atoms with E-state index >= 15 is 0 Å². The molecule has 0 aliphatic rings. The fraction of sp³-hybridized carbons (Fsp3) is 0.750. The highest BCUT2D eigenvalue weighted by molar-refractivity contribution is 5.76. The van der Waals surface area contributed by atoms with Gasteiger partial charge in [0.2, 0.25) is 5.96 Å². The zero-order valence-electron chi connectivity index (χ0n) is 5.46. The van der Waals surface area contributed by atoms with Gasteiger partial charge in [-0.05, 0) is 0 Å². The first-order chi connectivity index (χ1) is 4.57. The topological polar surface area (TPSA) is 61.8 Å². The molecule has 0 saturated heterocycles. The third kappa shape index (κ3) is 3.06. The van der Waals surface area contributed by atoms with Crippen LogP contribution in [0, 0.1) is 0 Å². The number of hydrogen-bond acceptors (Lipinski definition) is 2. The lowest BCUT2D eigenvalue weighted by atomic mass is 10.6. The summed E-state index contributed by atoms with van der Waals surface area (Å²) >= 11 is 0. The molecule has 6 heteroatoms. The molecule has 0 saturated carbocycles. The normalized spacial score (nSPS) is 12.2. The predicted molar refractivity (Wildman–Crippen MR) is 32.0 cm³/mol. The summed E-state index contributed by atoms with van der Waals surface area (Å²) in [6.45, 7) is -0.532. The fourth-order valence-corrected chi connectivity index (χ4v) is 0.377. The zero-order valence-corrected chi connectivity index (χ0v) is 5.46. The third-order valence-corrected chi connectivity index (χ3v) is 0.905. The van der Waals surface area contributed by atoms with Crippen LogP contribution in [0.15, 0.2) is 5.16 Å². The lowest BCUT2D eigenvalue weighted by Gasteiger charge is -2.14. The molecule has 0 bridgehead atoms.